The van der Waals surface area contributed by atoms with Crippen LogP contribution in [0.3, 0.4) is 0 Å². The third-order valence-electron chi connectivity index (χ3n) is 3.92. The van der Waals surface area contributed by atoms with E-state index in [4.69, 9.17) is 5.26 Å². The number of aryl methyl sites for hydroxylation is 2. The monoisotopic (exact) mass is 383 g/mol. The van der Waals surface area contributed by atoms with Crippen LogP contribution in [0.2, 0.25) is 0 Å². The average molecular weight is 384 g/mol. The summed E-state index contributed by atoms with van der Waals surface area (Å²) in [5, 5.41) is 8.74. The first-order chi connectivity index (χ1) is 12.3. The first kappa shape index (κ1) is 22.3. The number of allylic oxidation sites excluding steroid dienone is 1. The predicted octanol–water partition coefficient (Wildman–Crippen LogP) is 3.42. The molecule has 7 nitrogen and oxygen atoms in total. The van der Waals surface area contributed by atoms with Crippen molar-refractivity contribution in [2.75, 3.05) is 26.7 Å². The molecule has 1 saturated heterocycles. The van der Waals surface area contributed by atoms with E-state index in [1.807, 2.05) is 18.9 Å². The van der Waals surface area contributed by atoms with E-state index in [1.165, 1.54) is 30.4 Å². The zero-order valence-electron chi connectivity index (χ0n) is 16.0. The Morgan fingerprint density at radius 1 is 1.31 bits per heavy atom. The van der Waals surface area contributed by atoms with Crippen molar-refractivity contribution >= 4 is 23.2 Å². The molecule has 0 unspecified atom stereocenters. The summed E-state index contributed by atoms with van der Waals surface area (Å²) in [6, 6.07) is 0.139. The van der Waals surface area contributed by atoms with E-state index in [1.54, 1.807) is 16.2 Å². The Balaban J connectivity index is 0.000000359. The Labute approximate surface area is 159 Å². The van der Waals surface area contributed by atoms with Crippen LogP contribution in [-0.4, -0.2) is 58.6 Å². The molecule has 0 atom stereocenters. The van der Waals surface area contributed by atoms with Crippen molar-refractivity contribution < 1.29 is 19.7 Å². The Bertz CT molecular complexity index is 590. The van der Waals surface area contributed by atoms with Crippen LogP contribution in [0.25, 0.3) is 0 Å². The molecule has 1 N–H and O–H groups in total. The lowest BCUT2D eigenvalue weighted by Crippen LogP contribution is -2.43. The van der Waals surface area contributed by atoms with Gasteiger partial charge in [0.05, 0.1) is 12.2 Å². The first-order valence-electron chi connectivity index (χ1n) is 8.71. The van der Waals surface area contributed by atoms with Crippen LogP contribution in [0.15, 0.2) is 12.2 Å². The fraction of sp³-hybridized carbons (Fsp3) is 0.611. The minimum absolute atomic E-state index is 0.0537. The molecule has 8 heteroatoms. The van der Waals surface area contributed by atoms with E-state index in [2.05, 4.69) is 16.8 Å². The van der Waals surface area contributed by atoms with Crippen LogP contribution >= 0.6 is 11.3 Å². The summed E-state index contributed by atoms with van der Waals surface area (Å²) in [6.07, 6.45) is 6.28. The summed E-state index contributed by atoms with van der Waals surface area (Å²) >= 11 is 1.68. The highest BCUT2D eigenvalue weighted by Crippen LogP contribution is 2.18. The number of carbonyl (C=O) groups is 2. The van der Waals surface area contributed by atoms with Gasteiger partial charge in [0, 0.05) is 25.0 Å². The zero-order valence-corrected chi connectivity index (χ0v) is 16.8. The molecular formula is C18H29N3O4S. The number of piperidine rings is 1. The van der Waals surface area contributed by atoms with Crippen LogP contribution in [0, 0.1) is 13.8 Å². The molecule has 0 saturated carbocycles. The summed E-state index contributed by atoms with van der Waals surface area (Å²) < 4.78 is 0. The second kappa shape index (κ2) is 11.8. The molecule has 0 spiro atoms. The SMILES string of the molecule is CC(=O)/C=C\COO.Cc1nc(CN(C)C(=O)N2CCCCC2)sc1C. The number of carbonyl (C=O) groups excluding carboxylic acids is 2. The minimum atomic E-state index is -0.0537. The minimum Gasteiger partial charge on any atom is -0.325 e. The maximum absolute atomic E-state index is 12.2. The molecule has 1 aliphatic heterocycles. The van der Waals surface area contributed by atoms with Gasteiger partial charge in [0.15, 0.2) is 5.78 Å². The highest BCUT2D eigenvalue weighted by atomic mass is 32.1. The molecule has 1 aromatic rings. The van der Waals surface area contributed by atoms with Gasteiger partial charge in [-0.15, -0.1) is 11.3 Å². The number of amides is 2. The molecule has 0 aromatic carbocycles. The lowest BCUT2D eigenvalue weighted by atomic mass is 10.1. The van der Waals surface area contributed by atoms with Crippen molar-refractivity contribution in [3.05, 3.63) is 27.7 Å². The average Bonchev–Trinajstić information content (AvgIpc) is 2.93. The molecule has 2 rings (SSSR count). The van der Waals surface area contributed by atoms with Crippen LogP contribution in [0.4, 0.5) is 4.79 Å². The van der Waals surface area contributed by atoms with Gasteiger partial charge in [-0.2, -0.15) is 0 Å². The molecule has 0 radical (unpaired) electrons. The molecule has 146 valence electrons. The van der Waals surface area contributed by atoms with Crippen molar-refractivity contribution in [2.24, 2.45) is 0 Å². The largest absolute Gasteiger partial charge is 0.325 e. The van der Waals surface area contributed by atoms with Gasteiger partial charge in [-0.25, -0.2) is 14.7 Å². The summed E-state index contributed by atoms with van der Waals surface area (Å²) in [7, 11) is 1.86. The normalized spacial score (nSPS) is 14.1. The molecule has 1 aromatic heterocycles. The van der Waals surface area contributed by atoms with Crippen molar-refractivity contribution in [3.8, 4) is 0 Å². The maximum atomic E-state index is 12.2. The highest BCUT2D eigenvalue weighted by Gasteiger charge is 2.20. The number of thiazole rings is 1. The Morgan fingerprint density at radius 3 is 2.46 bits per heavy atom. The number of nitrogens with zero attached hydrogens (tertiary/aromatic N) is 3. The smallest absolute Gasteiger partial charge is 0.320 e. The molecule has 1 fully saturated rings. The van der Waals surface area contributed by atoms with Crippen molar-refractivity contribution in [1.82, 2.24) is 14.8 Å². The van der Waals surface area contributed by atoms with Crippen molar-refractivity contribution in [2.45, 2.75) is 46.6 Å². The van der Waals surface area contributed by atoms with Gasteiger partial charge < -0.3 is 9.80 Å². The van der Waals surface area contributed by atoms with Crippen LogP contribution in [0.1, 0.15) is 41.8 Å². The second-order valence-corrected chi connectivity index (χ2v) is 7.53. The predicted molar refractivity (Wildman–Crippen MR) is 102 cm³/mol. The van der Waals surface area contributed by atoms with E-state index in [-0.39, 0.29) is 18.4 Å². The molecule has 0 bridgehead atoms. The van der Waals surface area contributed by atoms with Gasteiger partial charge in [0.25, 0.3) is 0 Å². The standard InChI is InChI=1S/C13H21N3OS.C5H8O3/c1-10-11(2)18-12(14-10)9-15(3)13(17)16-7-5-4-6-8-16;1-5(6)3-2-4-8-7/h4-9H2,1-3H3;2-3,7H,4H2,1H3/b;3-2-. The maximum Gasteiger partial charge on any atom is 0.320 e. The number of rotatable bonds is 5. The molecule has 0 aliphatic carbocycles. The quantitative estimate of drug-likeness (QED) is 0.478. The molecular weight excluding hydrogens is 354 g/mol. The lowest BCUT2D eigenvalue weighted by molar-refractivity contribution is -0.231. The Hall–Kier alpha value is -1.77. The number of ketones is 1. The number of hydrogen-bond acceptors (Lipinski definition) is 6. The fourth-order valence-corrected chi connectivity index (χ4v) is 3.45. The van der Waals surface area contributed by atoms with Crippen LogP contribution in [-0.2, 0) is 16.2 Å². The van der Waals surface area contributed by atoms with Crippen molar-refractivity contribution in [1.29, 1.82) is 0 Å². The number of likely N-dealkylation sites (tertiary alicyclic amines) is 1. The van der Waals surface area contributed by atoms with E-state index >= 15 is 0 Å². The summed E-state index contributed by atoms with van der Waals surface area (Å²) in [5.74, 6) is -0.0537. The summed E-state index contributed by atoms with van der Waals surface area (Å²) in [5.41, 5.74) is 1.08. The first-order valence-corrected chi connectivity index (χ1v) is 9.53. The molecule has 1 aliphatic rings. The number of hydrogen-bond donors (Lipinski definition) is 1. The Morgan fingerprint density at radius 2 is 1.96 bits per heavy atom. The van der Waals surface area contributed by atoms with Crippen molar-refractivity contribution in [3.63, 3.8) is 0 Å². The number of urea groups is 1. The second-order valence-electron chi connectivity index (χ2n) is 6.24. The third-order valence-corrected chi connectivity index (χ3v) is 4.98. The van der Waals surface area contributed by atoms with Gasteiger partial charge in [-0.3, -0.25) is 10.1 Å². The molecule has 2 amide bonds. The molecule has 2 heterocycles. The van der Waals surface area contributed by atoms with Crippen LogP contribution in [0.5, 0.6) is 0 Å². The van der Waals surface area contributed by atoms with Gasteiger partial charge in [0.1, 0.15) is 11.6 Å². The third kappa shape index (κ3) is 8.07. The summed E-state index contributed by atoms with van der Waals surface area (Å²) in [6.45, 7) is 8.01. The van der Waals surface area contributed by atoms with Gasteiger partial charge in [0.2, 0.25) is 0 Å². The fourth-order valence-electron chi connectivity index (χ4n) is 2.46. The van der Waals surface area contributed by atoms with E-state index in [9.17, 15) is 9.59 Å². The van der Waals surface area contributed by atoms with E-state index in [0.717, 1.165) is 36.6 Å². The van der Waals surface area contributed by atoms with Gasteiger partial charge in [-0.05, 0) is 46.1 Å². The lowest BCUT2D eigenvalue weighted by Gasteiger charge is -2.30. The Kier molecular flexibility index (Phi) is 10.1. The number of aromatic nitrogens is 1. The van der Waals surface area contributed by atoms with E-state index in [0.29, 0.717) is 6.54 Å². The van der Waals surface area contributed by atoms with Gasteiger partial charge >= 0.3 is 6.03 Å². The van der Waals surface area contributed by atoms with Gasteiger partial charge in [-0.1, -0.05) is 6.08 Å². The topological polar surface area (TPSA) is 83.0 Å². The highest BCUT2D eigenvalue weighted by molar-refractivity contribution is 7.11. The summed E-state index contributed by atoms with van der Waals surface area (Å²) in [4.78, 5) is 35.4. The zero-order chi connectivity index (χ0) is 19.5. The van der Waals surface area contributed by atoms with E-state index < -0.39 is 0 Å². The molecule has 26 heavy (non-hydrogen) atoms. The van der Waals surface area contributed by atoms with Crippen LogP contribution < -0.4 is 0 Å².